The quantitative estimate of drug-likeness (QED) is 0.680. The molecule has 2 N–H and O–H groups in total. The summed E-state index contributed by atoms with van der Waals surface area (Å²) in [6, 6.07) is 0. The van der Waals surface area contributed by atoms with Gasteiger partial charge in [-0.05, 0) is 33.1 Å². The molecule has 0 rings (SSSR count). The van der Waals surface area contributed by atoms with Crippen molar-refractivity contribution in [2.24, 2.45) is 5.41 Å². The standard InChI is InChI=1S/C15H30N2O3/c1-7-15(4,13(19)17-6)10-11-20-14(2,3)9-8-12(18)16-5/h7-11H2,1-6H3,(H,16,18)(H,17,19). The molecule has 2 amide bonds. The highest BCUT2D eigenvalue weighted by molar-refractivity contribution is 5.81. The van der Waals surface area contributed by atoms with Gasteiger partial charge in [0.05, 0.1) is 5.60 Å². The Morgan fingerprint density at radius 3 is 2.10 bits per heavy atom. The molecule has 20 heavy (non-hydrogen) atoms. The third-order valence-electron chi connectivity index (χ3n) is 3.94. The van der Waals surface area contributed by atoms with Gasteiger partial charge >= 0.3 is 0 Å². The van der Waals surface area contributed by atoms with Crippen molar-refractivity contribution in [2.75, 3.05) is 20.7 Å². The lowest BCUT2D eigenvalue weighted by atomic mass is 9.83. The summed E-state index contributed by atoms with van der Waals surface area (Å²) in [7, 11) is 3.29. The Kier molecular flexibility index (Phi) is 7.79. The minimum Gasteiger partial charge on any atom is -0.376 e. The average Bonchev–Trinajstić information content (AvgIpc) is 2.43. The molecule has 0 aromatic heterocycles. The fourth-order valence-corrected chi connectivity index (χ4v) is 1.92. The first-order valence-corrected chi connectivity index (χ1v) is 7.27. The second-order valence-electron chi connectivity index (χ2n) is 6.02. The van der Waals surface area contributed by atoms with Gasteiger partial charge in [0.1, 0.15) is 0 Å². The average molecular weight is 286 g/mol. The van der Waals surface area contributed by atoms with Gasteiger partial charge in [0, 0.05) is 32.5 Å². The van der Waals surface area contributed by atoms with Crippen LogP contribution in [-0.4, -0.2) is 38.1 Å². The minimum absolute atomic E-state index is 0.0189. The third kappa shape index (κ3) is 6.37. The largest absolute Gasteiger partial charge is 0.376 e. The van der Waals surface area contributed by atoms with Crippen molar-refractivity contribution in [3.05, 3.63) is 0 Å². The fourth-order valence-electron chi connectivity index (χ4n) is 1.92. The molecule has 5 nitrogen and oxygen atoms in total. The van der Waals surface area contributed by atoms with Crippen molar-refractivity contribution in [2.45, 2.75) is 59.0 Å². The summed E-state index contributed by atoms with van der Waals surface area (Å²) in [5.41, 5.74) is -0.754. The molecule has 0 bridgehead atoms. The van der Waals surface area contributed by atoms with Gasteiger partial charge in [0.15, 0.2) is 0 Å². The third-order valence-corrected chi connectivity index (χ3v) is 3.94. The number of rotatable bonds is 9. The molecule has 0 aromatic rings. The van der Waals surface area contributed by atoms with Crippen LogP contribution in [0.15, 0.2) is 0 Å². The van der Waals surface area contributed by atoms with E-state index in [1.54, 1.807) is 14.1 Å². The van der Waals surface area contributed by atoms with E-state index >= 15 is 0 Å². The van der Waals surface area contributed by atoms with Gasteiger partial charge in [-0.1, -0.05) is 13.8 Å². The van der Waals surface area contributed by atoms with Crippen LogP contribution in [0, 0.1) is 5.41 Å². The minimum atomic E-state index is -0.397. The fraction of sp³-hybridized carbons (Fsp3) is 0.867. The summed E-state index contributed by atoms with van der Waals surface area (Å²) in [4.78, 5) is 23.1. The van der Waals surface area contributed by atoms with E-state index < -0.39 is 5.41 Å². The molecule has 0 spiro atoms. The summed E-state index contributed by atoms with van der Waals surface area (Å²) < 4.78 is 5.86. The lowest BCUT2D eigenvalue weighted by Gasteiger charge is -2.30. The highest BCUT2D eigenvalue weighted by Gasteiger charge is 2.31. The van der Waals surface area contributed by atoms with E-state index in [0.717, 1.165) is 6.42 Å². The first-order valence-electron chi connectivity index (χ1n) is 7.27. The molecule has 1 atom stereocenters. The van der Waals surface area contributed by atoms with E-state index in [2.05, 4.69) is 10.6 Å². The van der Waals surface area contributed by atoms with Crippen LogP contribution in [0.2, 0.25) is 0 Å². The van der Waals surface area contributed by atoms with Gasteiger partial charge in [-0.25, -0.2) is 0 Å². The Bertz CT molecular complexity index is 329. The molecule has 118 valence electrons. The van der Waals surface area contributed by atoms with Gasteiger partial charge in [-0.2, -0.15) is 0 Å². The zero-order valence-electron chi connectivity index (χ0n) is 13.8. The first kappa shape index (κ1) is 18.9. The van der Waals surface area contributed by atoms with Crippen LogP contribution in [0.5, 0.6) is 0 Å². The number of ether oxygens (including phenoxy) is 1. The normalized spacial score (nSPS) is 14.5. The molecule has 0 saturated heterocycles. The highest BCUT2D eigenvalue weighted by atomic mass is 16.5. The lowest BCUT2D eigenvalue weighted by Crippen LogP contribution is -2.38. The topological polar surface area (TPSA) is 67.4 Å². The maximum absolute atomic E-state index is 11.9. The van der Waals surface area contributed by atoms with Crippen LogP contribution in [0.25, 0.3) is 0 Å². The Hall–Kier alpha value is -1.10. The van der Waals surface area contributed by atoms with Crippen molar-refractivity contribution in [1.82, 2.24) is 10.6 Å². The maximum Gasteiger partial charge on any atom is 0.225 e. The smallest absolute Gasteiger partial charge is 0.225 e. The monoisotopic (exact) mass is 286 g/mol. The van der Waals surface area contributed by atoms with Gasteiger partial charge in [-0.15, -0.1) is 0 Å². The van der Waals surface area contributed by atoms with Crippen molar-refractivity contribution >= 4 is 11.8 Å². The van der Waals surface area contributed by atoms with E-state index in [1.165, 1.54) is 0 Å². The van der Waals surface area contributed by atoms with E-state index in [9.17, 15) is 9.59 Å². The maximum atomic E-state index is 11.9. The van der Waals surface area contributed by atoms with Crippen molar-refractivity contribution in [3.63, 3.8) is 0 Å². The Morgan fingerprint density at radius 1 is 1.05 bits per heavy atom. The summed E-state index contributed by atoms with van der Waals surface area (Å²) in [5.74, 6) is 0.0669. The SMILES string of the molecule is CCC(C)(CCOC(C)(C)CCC(=O)NC)C(=O)NC. The molecular formula is C15H30N2O3. The Morgan fingerprint density at radius 2 is 1.65 bits per heavy atom. The molecule has 0 aromatic carbocycles. The number of carbonyl (C=O) groups is 2. The molecule has 5 heteroatoms. The van der Waals surface area contributed by atoms with Crippen molar-refractivity contribution in [1.29, 1.82) is 0 Å². The van der Waals surface area contributed by atoms with Crippen molar-refractivity contribution < 1.29 is 14.3 Å². The number of amides is 2. The van der Waals surface area contributed by atoms with Gasteiger partial charge in [0.2, 0.25) is 11.8 Å². The molecule has 0 aliphatic carbocycles. The zero-order chi connectivity index (χ0) is 15.8. The van der Waals surface area contributed by atoms with E-state index in [1.807, 2.05) is 27.7 Å². The molecular weight excluding hydrogens is 256 g/mol. The van der Waals surface area contributed by atoms with Gasteiger partial charge < -0.3 is 15.4 Å². The van der Waals surface area contributed by atoms with Crippen LogP contribution in [-0.2, 0) is 14.3 Å². The number of nitrogens with one attached hydrogen (secondary N) is 2. The van der Waals surface area contributed by atoms with E-state index in [-0.39, 0.29) is 17.4 Å². The number of carbonyl (C=O) groups excluding carboxylic acids is 2. The summed E-state index contributed by atoms with van der Waals surface area (Å²) in [5, 5.41) is 5.31. The summed E-state index contributed by atoms with van der Waals surface area (Å²) in [6.45, 7) is 8.41. The van der Waals surface area contributed by atoms with Crippen LogP contribution >= 0.6 is 0 Å². The first-order chi connectivity index (χ1) is 9.20. The van der Waals surface area contributed by atoms with Gasteiger partial charge in [0.25, 0.3) is 0 Å². The molecule has 0 saturated carbocycles. The van der Waals surface area contributed by atoms with Crippen LogP contribution in [0.1, 0.15) is 53.4 Å². The van der Waals surface area contributed by atoms with E-state index in [0.29, 0.717) is 25.9 Å². The number of hydrogen-bond donors (Lipinski definition) is 2. The zero-order valence-corrected chi connectivity index (χ0v) is 13.8. The Labute approximate surface area is 122 Å². The Balaban J connectivity index is 4.26. The second kappa shape index (κ2) is 8.25. The van der Waals surface area contributed by atoms with Crippen LogP contribution in [0.4, 0.5) is 0 Å². The molecule has 0 aliphatic rings. The van der Waals surface area contributed by atoms with Crippen LogP contribution in [0.3, 0.4) is 0 Å². The predicted octanol–water partition coefficient (Wildman–Crippen LogP) is 1.86. The summed E-state index contributed by atoms with van der Waals surface area (Å²) >= 11 is 0. The van der Waals surface area contributed by atoms with Gasteiger partial charge in [-0.3, -0.25) is 9.59 Å². The molecule has 0 fully saturated rings. The molecule has 0 heterocycles. The molecule has 0 aliphatic heterocycles. The highest BCUT2D eigenvalue weighted by Crippen LogP contribution is 2.27. The lowest BCUT2D eigenvalue weighted by molar-refractivity contribution is -0.132. The predicted molar refractivity (Wildman–Crippen MR) is 80.4 cm³/mol. The van der Waals surface area contributed by atoms with E-state index in [4.69, 9.17) is 4.74 Å². The summed E-state index contributed by atoms with van der Waals surface area (Å²) in [6.07, 6.45) is 2.56. The molecule has 0 radical (unpaired) electrons. The molecule has 1 unspecified atom stereocenters. The second-order valence-corrected chi connectivity index (χ2v) is 6.02. The van der Waals surface area contributed by atoms with Crippen LogP contribution < -0.4 is 10.6 Å². The van der Waals surface area contributed by atoms with Crippen molar-refractivity contribution in [3.8, 4) is 0 Å². The number of hydrogen-bond acceptors (Lipinski definition) is 3.